The summed E-state index contributed by atoms with van der Waals surface area (Å²) in [6, 6.07) is 2.31. The van der Waals surface area contributed by atoms with Crippen LogP contribution in [0.15, 0.2) is 30.3 Å². The van der Waals surface area contributed by atoms with Crippen molar-refractivity contribution in [2.24, 2.45) is 17.4 Å². The Morgan fingerprint density at radius 2 is 1.33 bits per heavy atom. The predicted molar refractivity (Wildman–Crippen MR) is 146 cm³/mol. The molecule has 0 radical (unpaired) electrons. The average molecular weight is 609 g/mol. The molecule has 0 saturated carbocycles. The van der Waals surface area contributed by atoms with Crippen LogP contribution >= 0.6 is 0 Å². The molecule has 0 aliphatic carbocycles. The minimum atomic E-state index is -1.73. The van der Waals surface area contributed by atoms with E-state index in [1.54, 1.807) is 30.3 Å². The van der Waals surface area contributed by atoms with Crippen molar-refractivity contribution in [2.75, 3.05) is 0 Å². The van der Waals surface area contributed by atoms with Gasteiger partial charge in [0.25, 0.3) is 0 Å². The molecule has 4 unspecified atom stereocenters. The monoisotopic (exact) mass is 608 g/mol. The Hall–Kier alpha value is -5.22. The second kappa shape index (κ2) is 17.6. The van der Waals surface area contributed by atoms with Gasteiger partial charge in [-0.15, -0.1) is 0 Å². The van der Waals surface area contributed by atoms with Crippen molar-refractivity contribution in [1.82, 2.24) is 21.3 Å². The number of hydrogen-bond donors (Lipinski definition) is 8. The summed E-state index contributed by atoms with van der Waals surface area (Å²) in [5.74, 6) is -8.53. The number of nitrogens with one attached hydrogen (secondary N) is 4. The van der Waals surface area contributed by atoms with Crippen LogP contribution < -0.4 is 32.7 Å². The largest absolute Gasteiger partial charge is 0.481 e. The Bertz CT molecular complexity index is 1190. The summed E-state index contributed by atoms with van der Waals surface area (Å²) in [6.07, 6.45) is -3.75. The van der Waals surface area contributed by atoms with Crippen LogP contribution in [-0.4, -0.2) is 81.9 Å². The summed E-state index contributed by atoms with van der Waals surface area (Å²) in [5.41, 5.74) is 10.9. The predicted octanol–water partition coefficient (Wildman–Crippen LogP) is -1.91. The van der Waals surface area contributed by atoms with Crippen LogP contribution in [0.5, 0.6) is 0 Å². The highest BCUT2D eigenvalue weighted by Crippen LogP contribution is 2.08. The lowest BCUT2D eigenvalue weighted by atomic mass is 10.0. The zero-order valence-electron chi connectivity index (χ0n) is 23.5. The van der Waals surface area contributed by atoms with Crippen LogP contribution in [0.1, 0.15) is 45.1 Å². The minimum absolute atomic E-state index is 0.188. The fraction of sp³-hybridized carbons (Fsp3) is 0.462. The zero-order valence-corrected chi connectivity index (χ0v) is 23.5. The van der Waals surface area contributed by atoms with Crippen molar-refractivity contribution in [3.8, 4) is 0 Å². The molecule has 1 aromatic carbocycles. The summed E-state index contributed by atoms with van der Waals surface area (Å²) in [6.45, 7) is 2.86. The molecular weight excluding hydrogens is 572 g/mol. The van der Waals surface area contributed by atoms with E-state index < -0.39 is 103 Å². The third-order valence-corrected chi connectivity index (χ3v) is 5.79. The van der Waals surface area contributed by atoms with E-state index in [0.29, 0.717) is 5.56 Å². The standard InChI is InChI=1S/C26H36N6O11/c1-13(2)21(25(41)30-16(22(28)38)10-18(27)33)32-23(39)15(8-9-19(34)35)29-24(40)17(11-20(36)37)31-26(42)43-12-14-6-4-3-5-7-14/h3-7,13,15-17,21H,8-12H2,1-2H3,(H2,27,33)(H2,28,38)(H,29,40)(H,30,41)(H,31,42)(H,32,39)(H,34,35)(H,36,37). The van der Waals surface area contributed by atoms with Gasteiger partial charge in [0.1, 0.15) is 30.8 Å². The Kier molecular flexibility index (Phi) is 14.6. The normalized spacial score (nSPS) is 13.4. The molecule has 43 heavy (non-hydrogen) atoms. The highest BCUT2D eigenvalue weighted by atomic mass is 16.5. The number of primary amides is 2. The second-order valence-electron chi connectivity index (χ2n) is 9.71. The van der Waals surface area contributed by atoms with Crippen LogP contribution in [0.3, 0.4) is 0 Å². The molecule has 0 bridgehead atoms. The van der Waals surface area contributed by atoms with Gasteiger partial charge in [-0.25, -0.2) is 4.79 Å². The van der Waals surface area contributed by atoms with Crippen molar-refractivity contribution in [3.63, 3.8) is 0 Å². The van der Waals surface area contributed by atoms with Gasteiger partial charge in [-0.2, -0.15) is 0 Å². The van der Waals surface area contributed by atoms with E-state index in [-0.39, 0.29) is 6.61 Å². The SMILES string of the molecule is CC(C)C(NC(=O)C(CCC(=O)O)NC(=O)C(CC(=O)O)NC(=O)OCc1ccccc1)C(=O)NC(CC(N)=O)C(N)=O. The molecule has 0 aliphatic rings. The smallest absolute Gasteiger partial charge is 0.408 e. The topological polar surface area (TPSA) is 286 Å². The molecule has 17 heteroatoms. The number of nitrogens with two attached hydrogens (primary N) is 2. The minimum Gasteiger partial charge on any atom is -0.481 e. The van der Waals surface area contributed by atoms with Gasteiger partial charge in [0.15, 0.2) is 0 Å². The molecular formula is C26H36N6O11. The van der Waals surface area contributed by atoms with Crippen molar-refractivity contribution in [2.45, 2.75) is 70.3 Å². The maximum absolute atomic E-state index is 13.1. The number of carboxylic acids is 2. The zero-order chi connectivity index (χ0) is 32.7. The second-order valence-corrected chi connectivity index (χ2v) is 9.71. The molecule has 236 valence electrons. The van der Waals surface area contributed by atoms with Gasteiger partial charge in [-0.05, 0) is 17.9 Å². The summed E-state index contributed by atoms with van der Waals surface area (Å²) < 4.78 is 5.01. The lowest BCUT2D eigenvalue weighted by Crippen LogP contribution is -2.59. The first kappa shape index (κ1) is 35.8. The average Bonchev–Trinajstić information content (AvgIpc) is 2.91. The molecule has 0 saturated heterocycles. The van der Waals surface area contributed by atoms with E-state index in [9.17, 15) is 43.5 Å². The number of aliphatic carboxylic acids is 2. The van der Waals surface area contributed by atoms with Crippen molar-refractivity contribution < 1.29 is 53.3 Å². The molecule has 1 rings (SSSR count). The fourth-order valence-electron chi connectivity index (χ4n) is 3.57. The number of carbonyl (C=O) groups is 8. The summed E-state index contributed by atoms with van der Waals surface area (Å²) in [4.78, 5) is 96.7. The molecule has 17 nitrogen and oxygen atoms in total. The number of carboxylic acid groups (broad SMARTS) is 2. The molecule has 0 aliphatic heterocycles. The van der Waals surface area contributed by atoms with E-state index in [1.807, 2.05) is 0 Å². The number of alkyl carbamates (subject to hydrolysis) is 1. The van der Waals surface area contributed by atoms with Crippen LogP contribution in [0, 0.1) is 5.92 Å². The Labute approximate surface area is 246 Å². The molecule has 6 amide bonds. The van der Waals surface area contributed by atoms with Gasteiger partial charge in [-0.1, -0.05) is 44.2 Å². The molecule has 1 aromatic rings. The number of hydrogen-bond acceptors (Lipinski definition) is 9. The van der Waals surface area contributed by atoms with Crippen LogP contribution in [-0.2, 0) is 44.9 Å². The lowest BCUT2D eigenvalue weighted by molar-refractivity contribution is -0.140. The highest BCUT2D eigenvalue weighted by Gasteiger charge is 2.33. The maximum atomic E-state index is 13.1. The Balaban J connectivity index is 3.06. The molecule has 0 heterocycles. The molecule has 4 atom stereocenters. The third-order valence-electron chi connectivity index (χ3n) is 5.79. The number of benzene rings is 1. The number of ether oxygens (including phenoxy) is 1. The summed E-state index contributed by atoms with van der Waals surface area (Å²) in [5, 5.41) is 27.2. The van der Waals surface area contributed by atoms with Gasteiger partial charge in [-0.3, -0.25) is 33.6 Å². The van der Waals surface area contributed by atoms with Crippen molar-refractivity contribution in [3.05, 3.63) is 35.9 Å². The first-order chi connectivity index (χ1) is 20.1. The van der Waals surface area contributed by atoms with Gasteiger partial charge in [0.05, 0.1) is 12.8 Å². The summed E-state index contributed by atoms with van der Waals surface area (Å²) in [7, 11) is 0. The molecule has 0 fully saturated rings. The first-order valence-corrected chi connectivity index (χ1v) is 13.0. The Morgan fingerprint density at radius 3 is 1.84 bits per heavy atom. The molecule has 10 N–H and O–H groups in total. The summed E-state index contributed by atoms with van der Waals surface area (Å²) >= 11 is 0. The van der Waals surface area contributed by atoms with E-state index in [1.165, 1.54) is 13.8 Å². The van der Waals surface area contributed by atoms with Gasteiger partial charge < -0.3 is 47.7 Å². The van der Waals surface area contributed by atoms with E-state index >= 15 is 0 Å². The number of amides is 6. The van der Waals surface area contributed by atoms with Crippen molar-refractivity contribution in [1.29, 1.82) is 0 Å². The van der Waals surface area contributed by atoms with Crippen LogP contribution in [0.25, 0.3) is 0 Å². The van der Waals surface area contributed by atoms with Gasteiger partial charge >= 0.3 is 18.0 Å². The van der Waals surface area contributed by atoms with Gasteiger partial charge in [0, 0.05) is 6.42 Å². The van der Waals surface area contributed by atoms with E-state index in [2.05, 4.69) is 21.3 Å². The van der Waals surface area contributed by atoms with E-state index in [4.69, 9.17) is 21.3 Å². The van der Waals surface area contributed by atoms with E-state index in [0.717, 1.165) is 0 Å². The lowest BCUT2D eigenvalue weighted by Gasteiger charge is -2.27. The Morgan fingerprint density at radius 1 is 0.744 bits per heavy atom. The molecule has 0 aromatic heterocycles. The third kappa shape index (κ3) is 13.8. The quantitative estimate of drug-likeness (QED) is 0.0910. The first-order valence-electron chi connectivity index (χ1n) is 13.0. The fourth-order valence-corrected chi connectivity index (χ4v) is 3.57. The van der Waals surface area contributed by atoms with Gasteiger partial charge in [0.2, 0.25) is 29.5 Å². The van der Waals surface area contributed by atoms with Crippen LogP contribution in [0.4, 0.5) is 4.79 Å². The maximum Gasteiger partial charge on any atom is 0.408 e. The van der Waals surface area contributed by atoms with Crippen molar-refractivity contribution >= 4 is 47.6 Å². The highest BCUT2D eigenvalue weighted by molar-refractivity contribution is 5.96. The molecule has 0 spiro atoms. The van der Waals surface area contributed by atoms with Crippen LogP contribution in [0.2, 0.25) is 0 Å². The number of carbonyl (C=O) groups excluding carboxylic acids is 6. The number of rotatable bonds is 18.